The fraction of sp³-hybridized carbons (Fsp3) is 0.0698. The van der Waals surface area contributed by atoms with E-state index in [2.05, 4.69) is 193 Å². The first-order chi connectivity index (χ1) is 22.5. The smallest absolute Gasteiger partial charge is 0.0775 e. The van der Waals surface area contributed by atoms with Crippen molar-refractivity contribution in [3.63, 3.8) is 0 Å². The number of anilines is 3. The van der Waals surface area contributed by atoms with Gasteiger partial charge in [0.15, 0.2) is 0 Å². The quantitative estimate of drug-likeness (QED) is 0.171. The summed E-state index contributed by atoms with van der Waals surface area (Å²) in [5.41, 5.74) is 9.44. The molecule has 3 heteroatoms. The number of benzene rings is 7. The van der Waals surface area contributed by atoms with Crippen LogP contribution in [0.2, 0.25) is 19.6 Å². The first-order valence-corrected chi connectivity index (χ1v) is 19.5. The van der Waals surface area contributed by atoms with Crippen LogP contribution in [0.15, 0.2) is 164 Å². The molecule has 0 saturated heterocycles. The van der Waals surface area contributed by atoms with E-state index in [-0.39, 0.29) is 0 Å². The Morgan fingerprint density at radius 1 is 0.457 bits per heavy atom. The fourth-order valence-electron chi connectivity index (χ4n) is 6.86. The Morgan fingerprint density at radius 2 is 1.00 bits per heavy atom. The van der Waals surface area contributed by atoms with Gasteiger partial charge in [-0.1, -0.05) is 134 Å². The van der Waals surface area contributed by atoms with Crippen molar-refractivity contribution in [1.29, 1.82) is 0 Å². The molecule has 1 heterocycles. The van der Waals surface area contributed by atoms with Crippen LogP contribution in [0, 0.1) is 0 Å². The van der Waals surface area contributed by atoms with Crippen molar-refractivity contribution in [3.05, 3.63) is 164 Å². The van der Waals surface area contributed by atoms with E-state index < -0.39 is 8.07 Å². The van der Waals surface area contributed by atoms with Gasteiger partial charge in [0.25, 0.3) is 0 Å². The van der Waals surface area contributed by atoms with Gasteiger partial charge in [0.1, 0.15) is 0 Å². The van der Waals surface area contributed by atoms with Crippen LogP contribution in [0.4, 0.5) is 17.1 Å². The number of fused-ring (bicyclic) bond motifs is 4. The molecule has 0 fully saturated rings. The Labute approximate surface area is 271 Å². The Bertz CT molecular complexity index is 2290. The lowest BCUT2D eigenvalue weighted by Crippen LogP contribution is -2.37. The number of aromatic nitrogens is 1. The molecule has 0 atom stereocenters. The summed E-state index contributed by atoms with van der Waals surface area (Å²) in [5, 5.41) is 6.46. The molecule has 0 saturated carbocycles. The molecule has 7 aromatic carbocycles. The van der Waals surface area contributed by atoms with Crippen LogP contribution < -0.4 is 10.1 Å². The highest BCUT2D eigenvalue weighted by atomic mass is 28.3. The van der Waals surface area contributed by atoms with E-state index in [1.165, 1.54) is 48.9 Å². The van der Waals surface area contributed by atoms with Crippen LogP contribution in [0.3, 0.4) is 0 Å². The summed E-state index contributed by atoms with van der Waals surface area (Å²) in [7, 11) is -1.44. The number of para-hydroxylation sites is 4. The molecule has 0 spiro atoms. The van der Waals surface area contributed by atoms with Crippen molar-refractivity contribution in [2.75, 3.05) is 4.90 Å². The highest BCUT2D eigenvalue weighted by molar-refractivity contribution is 6.88. The summed E-state index contributed by atoms with van der Waals surface area (Å²) in [6.07, 6.45) is 0. The molecule has 0 amide bonds. The van der Waals surface area contributed by atoms with Crippen molar-refractivity contribution < 1.29 is 0 Å². The zero-order valence-electron chi connectivity index (χ0n) is 26.5. The van der Waals surface area contributed by atoms with Crippen molar-refractivity contribution >= 4 is 62.9 Å². The van der Waals surface area contributed by atoms with Crippen LogP contribution in [0.25, 0.3) is 49.4 Å². The second-order valence-corrected chi connectivity index (χ2v) is 18.1. The lowest BCUT2D eigenvalue weighted by molar-refractivity contribution is 1.19. The van der Waals surface area contributed by atoms with E-state index in [1.807, 2.05) is 0 Å². The Kier molecular flexibility index (Phi) is 6.85. The molecule has 0 aliphatic rings. The van der Waals surface area contributed by atoms with Gasteiger partial charge >= 0.3 is 0 Å². The minimum Gasteiger partial charge on any atom is -0.310 e. The molecule has 0 aliphatic carbocycles. The molecule has 8 rings (SSSR count). The van der Waals surface area contributed by atoms with Crippen LogP contribution >= 0.6 is 0 Å². The normalized spacial score (nSPS) is 11.8. The summed E-state index contributed by atoms with van der Waals surface area (Å²) < 4.78 is 2.42. The summed E-state index contributed by atoms with van der Waals surface area (Å²) in [6.45, 7) is 7.21. The maximum Gasteiger partial charge on any atom is 0.0775 e. The molecule has 0 bridgehead atoms. The van der Waals surface area contributed by atoms with Gasteiger partial charge < -0.3 is 9.47 Å². The molecular weight excluding hydrogens is 573 g/mol. The predicted molar refractivity (Wildman–Crippen MR) is 201 cm³/mol. The lowest BCUT2D eigenvalue weighted by atomic mass is 9.95. The average molecular weight is 609 g/mol. The Morgan fingerprint density at radius 3 is 1.67 bits per heavy atom. The number of rotatable bonds is 6. The van der Waals surface area contributed by atoms with E-state index in [1.54, 1.807) is 0 Å². The molecule has 222 valence electrons. The molecule has 0 unspecified atom stereocenters. The molecule has 0 N–H and O–H groups in total. The highest BCUT2D eigenvalue weighted by Crippen LogP contribution is 2.44. The monoisotopic (exact) mass is 608 g/mol. The molecule has 0 radical (unpaired) electrons. The minimum atomic E-state index is -1.44. The molecule has 0 aliphatic heterocycles. The van der Waals surface area contributed by atoms with E-state index >= 15 is 0 Å². The van der Waals surface area contributed by atoms with Crippen molar-refractivity contribution in [1.82, 2.24) is 4.57 Å². The molecule has 1 aromatic heterocycles. The third kappa shape index (κ3) is 4.81. The first-order valence-electron chi connectivity index (χ1n) is 16.0. The van der Waals surface area contributed by atoms with Gasteiger partial charge in [0, 0.05) is 33.4 Å². The fourth-order valence-corrected chi connectivity index (χ4v) is 8.03. The average Bonchev–Trinajstić information content (AvgIpc) is 3.43. The molecule has 46 heavy (non-hydrogen) atoms. The number of hydrogen-bond donors (Lipinski definition) is 0. The van der Waals surface area contributed by atoms with Gasteiger partial charge in [-0.15, -0.1) is 0 Å². The van der Waals surface area contributed by atoms with Crippen LogP contribution in [-0.2, 0) is 0 Å². The summed E-state index contributed by atoms with van der Waals surface area (Å²) in [5.74, 6) is 0. The molecule has 8 aromatic rings. The third-order valence-corrected chi connectivity index (χ3v) is 11.2. The van der Waals surface area contributed by atoms with Gasteiger partial charge in [-0.05, 0) is 70.9 Å². The van der Waals surface area contributed by atoms with Crippen LogP contribution in [0.5, 0.6) is 0 Å². The summed E-state index contributed by atoms with van der Waals surface area (Å²) in [4.78, 5) is 2.41. The second-order valence-electron chi connectivity index (χ2n) is 13.1. The maximum absolute atomic E-state index is 2.42. The van der Waals surface area contributed by atoms with Crippen LogP contribution in [0.1, 0.15) is 0 Å². The van der Waals surface area contributed by atoms with Gasteiger partial charge in [-0.3, -0.25) is 0 Å². The number of nitrogens with zero attached hydrogens (tertiary/aromatic N) is 2. The second kappa shape index (κ2) is 11.2. The van der Waals surface area contributed by atoms with E-state index in [4.69, 9.17) is 0 Å². The van der Waals surface area contributed by atoms with E-state index in [9.17, 15) is 0 Å². The zero-order chi connectivity index (χ0) is 31.3. The highest BCUT2D eigenvalue weighted by Gasteiger charge is 2.21. The van der Waals surface area contributed by atoms with Crippen LogP contribution in [-0.4, -0.2) is 12.6 Å². The SMILES string of the molecule is C[Si](C)(C)c1ccc(N(c2ccccc2)c2ccccc2-c2cc(-n3c4ccccc4c4ccccc43)cc3ccccc23)cc1. The van der Waals surface area contributed by atoms with Crippen molar-refractivity contribution in [3.8, 4) is 16.8 Å². The van der Waals surface area contributed by atoms with Gasteiger partial charge in [-0.25, -0.2) is 0 Å². The van der Waals surface area contributed by atoms with Gasteiger partial charge in [-0.2, -0.15) is 0 Å². The first kappa shape index (κ1) is 28.1. The van der Waals surface area contributed by atoms with E-state index in [0.717, 1.165) is 22.7 Å². The largest absolute Gasteiger partial charge is 0.310 e. The maximum atomic E-state index is 2.42. The zero-order valence-corrected chi connectivity index (χ0v) is 27.5. The predicted octanol–water partition coefficient (Wildman–Crippen LogP) is 11.6. The topological polar surface area (TPSA) is 8.17 Å². The molecule has 2 nitrogen and oxygen atoms in total. The van der Waals surface area contributed by atoms with Crippen molar-refractivity contribution in [2.45, 2.75) is 19.6 Å². The minimum absolute atomic E-state index is 1.14. The summed E-state index contributed by atoms with van der Waals surface area (Å²) in [6, 6.07) is 59.9. The Hall–Kier alpha value is -5.38. The van der Waals surface area contributed by atoms with Crippen molar-refractivity contribution in [2.24, 2.45) is 0 Å². The number of hydrogen-bond acceptors (Lipinski definition) is 1. The van der Waals surface area contributed by atoms with Gasteiger partial charge in [0.05, 0.1) is 24.8 Å². The Balaban J connectivity index is 1.39. The van der Waals surface area contributed by atoms with Gasteiger partial charge in [0.2, 0.25) is 0 Å². The molecular formula is C43H36N2Si. The third-order valence-electron chi connectivity index (χ3n) is 9.13. The lowest BCUT2D eigenvalue weighted by Gasteiger charge is -2.29. The summed E-state index contributed by atoms with van der Waals surface area (Å²) >= 11 is 0. The van der Waals surface area contributed by atoms with E-state index in [0.29, 0.717) is 0 Å². The standard InChI is InChI=1S/C43H36N2Si/c1-46(2,3)35-27-25-33(26-28-35)44(32-16-5-4-6-17-32)41-22-12-11-21-39(41)40-30-34(29-31-15-7-8-18-36(31)40)45-42-23-13-9-19-37(42)38-20-10-14-24-43(38)45/h4-30H,1-3H3.